The molecule has 2 saturated heterocycles. The fourth-order valence-corrected chi connectivity index (χ4v) is 8.62. The van der Waals surface area contributed by atoms with Crippen LogP contribution in [0.15, 0.2) is 54.6 Å². The van der Waals surface area contributed by atoms with E-state index in [4.69, 9.17) is 0 Å². The van der Waals surface area contributed by atoms with Gasteiger partial charge < -0.3 is 19.8 Å². The molecule has 0 aliphatic carbocycles. The Morgan fingerprint density at radius 2 is 1.67 bits per heavy atom. The fraction of sp³-hybridized carbons (Fsp3) is 0.536. The van der Waals surface area contributed by atoms with Gasteiger partial charge in [0.1, 0.15) is 6.04 Å². The third kappa shape index (κ3) is 3.89. The molecule has 5 atom stereocenters. The van der Waals surface area contributed by atoms with Crippen molar-refractivity contribution in [1.82, 2.24) is 14.7 Å². The molecule has 4 aliphatic heterocycles. The molecule has 1 spiro atoms. The number of unbranched alkanes of at least 4 members (excludes halogenated alkanes) is 1. The standard InChI is InChI=1S/C28H35N3O4S/c1-3-4-14-29-15-9-13-28-22(25(34)31(17-18-32)23(28)26(29)35)21-24(33)30(16-8-12-27(21,2)36-28)19-20-10-6-5-7-11-20/h5-13,21-23,32H,3-4,14-19H2,1-2H3/t21-,22-,23?,27+,28-/m0/s1. The molecule has 4 heterocycles. The summed E-state index contributed by atoms with van der Waals surface area (Å²) in [6.07, 6.45) is 10.0. The third-order valence-electron chi connectivity index (χ3n) is 8.06. The smallest absolute Gasteiger partial charge is 0.247 e. The minimum atomic E-state index is -0.848. The van der Waals surface area contributed by atoms with Crippen LogP contribution in [0.2, 0.25) is 0 Å². The Bertz CT molecular complexity index is 1090. The second-order valence-corrected chi connectivity index (χ2v) is 12.2. The molecule has 36 heavy (non-hydrogen) atoms. The summed E-state index contributed by atoms with van der Waals surface area (Å²) in [5.74, 6) is -1.59. The van der Waals surface area contributed by atoms with Gasteiger partial charge in [-0.05, 0) is 18.9 Å². The third-order valence-corrected chi connectivity index (χ3v) is 9.86. The van der Waals surface area contributed by atoms with Crippen LogP contribution in [0.1, 0.15) is 32.3 Å². The number of fused-ring (bicyclic) bond motifs is 2. The second kappa shape index (κ2) is 9.71. The fourth-order valence-electron chi connectivity index (χ4n) is 6.46. The van der Waals surface area contributed by atoms with E-state index in [1.807, 2.05) is 65.3 Å². The number of likely N-dealkylation sites (tertiary alicyclic amines) is 1. The van der Waals surface area contributed by atoms with Gasteiger partial charge in [0.2, 0.25) is 17.7 Å². The number of aliphatic hydroxyl groups excluding tert-OH is 1. The number of hydrogen-bond acceptors (Lipinski definition) is 5. The average Bonchev–Trinajstić information content (AvgIpc) is 3.13. The first-order chi connectivity index (χ1) is 17.4. The van der Waals surface area contributed by atoms with Crippen molar-refractivity contribution in [2.45, 2.75) is 48.8 Å². The predicted octanol–water partition coefficient (Wildman–Crippen LogP) is 2.46. The Hall–Kier alpha value is -2.58. The van der Waals surface area contributed by atoms with E-state index in [0.717, 1.165) is 18.4 Å². The number of amides is 3. The summed E-state index contributed by atoms with van der Waals surface area (Å²) in [5, 5.41) is 9.82. The second-order valence-electron chi connectivity index (χ2n) is 10.4. The highest BCUT2D eigenvalue weighted by Crippen LogP contribution is 2.65. The van der Waals surface area contributed by atoms with Gasteiger partial charge in [-0.3, -0.25) is 14.4 Å². The first-order valence-corrected chi connectivity index (χ1v) is 13.8. The molecule has 5 rings (SSSR count). The molecule has 192 valence electrons. The molecule has 0 radical (unpaired) electrons. The minimum Gasteiger partial charge on any atom is -0.395 e. The quantitative estimate of drug-likeness (QED) is 0.571. The lowest BCUT2D eigenvalue weighted by atomic mass is 9.74. The van der Waals surface area contributed by atoms with Crippen LogP contribution in [0, 0.1) is 11.8 Å². The van der Waals surface area contributed by atoms with Crippen molar-refractivity contribution in [2.75, 3.05) is 32.8 Å². The molecule has 1 unspecified atom stereocenters. The van der Waals surface area contributed by atoms with Crippen molar-refractivity contribution in [1.29, 1.82) is 0 Å². The molecule has 8 heteroatoms. The maximum absolute atomic E-state index is 14.2. The van der Waals surface area contributed by atoms with E-state index in [9.17, 15) is 19.5 Å². The Labute approximate surface area is 217 Å². The van der Waals surface area contributed by atoms with Gasteiger partial charge in [-0.25, -0.2) is 0 Å². The lowest BCUT2D eigenvalue weighted by Gasteiger charge is -2.36. The van der Waals surface area contributed by atoms with Gasteiger partial charge in [0.25, 0.3) is 0 Å². The van der Waals surface area contributed by atoms with Gasteiger partial charge in [0.15, 0.2) is 0 Å². The normalized spacial score (nSPS) is 33.5. The average molecular weight is 510 g/mol. The molecule has 7 nitrogen and oxygen atoms in total. The molecular formula is C28H35N3O4S. The van der Waals surface area contributed by atoms with Crippen molar-refractivity contribution in [3.8, 4) is 0 Å². The van der Waals surface area contributed by atoms with Crippen LogP contribution < -0.4 is 0 Å². The predicted molar refractivity (Wildman–Crippen MR) is 140 cm³/mol. The maximum atomic E-state index is 14.2. The van der Waals surface area contributed by atoms with Crippen molar-refractivity contribution in [3.05, 3.63) is 60.2 Å². The van der Waals surface area contributed by atoms with Crippen molar-refractivity contribution in [3.63, 3.8) is 0 Å². The molecule has 0 saturated carbocycles. The number of hydrogen-bond donors (Lipinski definition) is 1. The summed E-state index contributed by atoms with van der Waals surface area (Å²) >= 11 is 1.59. The number of carbonyl (C=O) groups is 3. The highest BCUT2D eigenvalue weighted by molar-refractivity contribution is 8.02. The van der Waals surface area contributed by atoms with Gasteiger partial charge >= 0.3 is 0 Å². The Morgan fingerprint density at radius 3 is 2.39 bits per heavy atom. The van der Waals surface area contributed by atoms with Crippen LogP contribution in [0.4, 0.5) is 0 Å². The van der Waals surface area contributed by atoms with Crippen LogP contribution in [-0.4, -0.2) is 85.8 Å². The Balaban J connectivity index is 1.56. The lowest BCUT2D eigenvalue weighted by Crippen LogP contribution is -2.54. The SMILES string of the molecule is CCCCN1CC=C[C@]23S[C@]4(C)C=CCN(Cc5ccccc5)C(=O)[C@@H]4[C@H]2C(=O)N(CCO)C3C1=O. The molecule has 0 aromatic heterocycles. The summed E-state index contributed by atoms with van der Waals surface area (Å²) < 4.78 is -1.46. The van der Waals surface area contributed by atoms with Crippen LogP contribution in [0.3, 0.4) is 0 Å². The largest absolute Gasteiger partial charge is 0.395 e. The number of aliphatic hydroxyl groups is 1. The lowest BCUT2D eigenvalue weighted by molar-refractivity contribution is -0.145. The monoisotopic (exact) mass is 509 g/mol. The summed E-state index contributed by atoms with van der Waals surface area (Å²) in [5.41, 5.74) is 1.04. The zero-order valence-corrected chi connectivity index (χ0v) is 21.8. The van der Waals surface area contributed by atoms with Gasteiger partial charge in [-0.1, -0.05) is 68.0 Å². The zero-order chi connectivity index (χ0) is 25.5. The molecule has 1 aromatic carbocycles. The highest BCUT2D eigenvalue weighted by atomic mass is 32.2. The molecule has 1 N–H and O–H groups in total. The molecular weight excluding hydrogens is 474 g/mol. The summed E-state index contributed by atoms with van der Waals surface area (Å²) in [6.45, 7) is 6.07. The number of β-amino-alcohol motifs (C(OH)–C–C–N with tert-alkyl or cyclic N) is 1. The van der Waals surface area contributed by atoms with Crippen LogP contribution >= 0.6 is 11.8 Å². The van der Waals surface area contributed by atoms with Gasteiger partial charge in [0.05, 0.1) is 23.2 Å². The number of nitrogens with zero attached hydrogens (tertiary/aromatic N) is 3. The van der Waals surface area contributed by atoms with E-state index in [1.165, 1.54) is 0 Å². The van der Waals surface area contributed by atoms with Crippen LogP contribution in [0.5, 0.6) is 0 Å². The molecule has 3 amide bonds. The van der Waals surface area contributed by atoms with Gasteiger partial charge in [0, 0.05) is 37.5 Å². The van der Waals surface area contributed by atoms with E-state index in [-0.39, 0.29) is 30.9 Å². The Kier molecular flexibility index (Phi) is 6.76. The van der Waals surface area contributed by atoms with E-state index in [2.05, 4.69) is 13.0 Å². The number of rotatable bonds is 7. The van der Waals surface area contributed by atoms with E-state index in [0.29, 0.717) is 26.2 Å². The minimum absolute atomic E-state index is 0.0494. The van der Waals surface area contributed by atoms with Crippen molar-refractivity contribution >= 4 is 29.5 Å². The number of benzene rings is 1. The summed E-state index contributed by atoms with van der Waals surface area (Å²) in [4.78, 5) is 47.4. The first kappa shape index (κ1) is 25.1. The summed E-state index contributed by atoms with van der Waals surface area (Å²) in [7, 11) is 0. The molecule has 4 aliphatic rings. The first-order valence-electron chi connectivity index (χ1n) is 12.9. The molecule has 2 fully saturated rings. The van der Waals surface area contributed by atoms with Gasteiger partial charge in [-0.2, -0.15) is 0 Å². The number of carbonyl (C=O) groups excluding carboxylic acids is 3. The van der Waals surface area contributed by atoms with E-state index < -0.39 is 27.4 Å². The highest BCUT2D eigenvalue weighted by Gasteiger charge is 2.73. The van der Waals surface area contributed by atoms with E-state index in [1.54, 1.807) is 16.7 Å². The van der Waals surface area contributed by atoms with E-state index >= 15 is 0 Å². The maximum Gasteiger partial charge on any atom is 0.247 e. The zero-order valence-electron chi connectivity index (χ0n) is 21.0. The number of thioether (sulfide) groups is 1. The van der Waals surface area contributed by atoms with Crippen molar-refractivity contribution in [2.24, 2.45) is 11.8 Å². The summed E-state index contributed by atoms with van der Waals surface area (Å²) in [6, 6.07) is 9.15. The molecule has 1 aromatic rings. The Morgan fingerprint density at radius 1 is 0.944 bits per heavy atom. The van der Waals surface area contributed by atoms with Gasteiger partial charge in [-0.15, -0.1) is 11.8 Å². The molecule has 0 bridgehead atoms. The topological polar surface area (TPSA) is 81.2 Å². The van der Waals surface area contributed by atoms with Crippen LogP contribution in [0.25, 0.3) is 0 Å². The van der Waals surface area contributed by atoms with Crippen LogP contribution in [-0.2, 0) is 20.9 Å². The van der Waals surface area contributed by atoms with Crippen molar-refractivity contribution < 1.29 is 19.5 Å².